The highest BCUT2D eigenvalue weighted by Crippen LogP contribution is 2.15. The van der Waals surface area contributed by atoms with Gasteiger partial charge in [-0.2, -0.15) is 0 Å². The average molecular weight is 626 g/mol. The molecular formula is C38H75NO5. The van der Waals surface area contributed by atoms with Crippen molar-refractivity contribution in [1.82, 2.24) is 4.90 Å². The lowest BCUT2D eigenvalue weighted by Crippen LogP contribution is -2.29. The lowest BCUT2D eigenvalue weighted by Gasteiger charge is -2.21. The Hall–Kier alpha value is -1.14. The molecule has 0 heterocycles. The fourth-order valence-electron chi connectivity index (χ4n) is 5.81. The van der Waals surface area contributed by atoms with E-state index in [1.807, 2.05) is 0 Å². The number of carbonyl (C=O) groups excluding carboxylic acids is 2. The van der Waals surface area contributed by atoms with Gasteiger partial charge >= 0.3 is 11.9 Å². The quantitative estimate of drug-likeness (QED) is 0.0558. The van der Waals surface area contributed by atoms with E-state index in [1.165, 1.54) is 77.0 Å². The van der Waals surface area contributed by atoms with Crippen LogP contribution in [0.3, 0.4) is 0 Å². The van der Waals surface area contributed by atoms with Crippen molar-refractivity contribution in [3.8, 4) is 0 Å². The number of ether oxygens (including phenoxy) is 2. The molecule has 262 valence electrons. The molecule has 1 atom stereocenters. The summed E-state index contributed by atoms with van der Waals surface area (Å²) >= 11 is 0. The molecule has 0 aliphatic carbocycles. The van der Waals surface area contributed by atoms with E-state index >= 15 is 0 Å². The largest absolute Gasteiger partial charge is 0.466 e. The van der Waals surface area contributed by atoms with Crippen molar-refractivity contribution < 1.29 is 24.2 Å². The number of carbonyl (C=O) groups is 2. The van der Waals surface area contributed by atoms with Crippen molar-refractivity contribution >= 4 is 11.9 Å². The van der Waals surface area contributed by atoms with Crippen LogP contribution in [0.15, 0.2) is 0 Å². The highest BCUT2D eigenvalue weighted by atomic mass is 16.5. The number of aliphatic hydroxyl groups is 1. The number of nitrogens with zero attached hydrogens (tertiary/aromatic N) is 1. The summed E-state index contributed by atoms with van der Waals surface area (Å²) in [5.74, 6) is -0.0765. The monoisotopic (exact) mass is 626 g/mol. The smallest absolute Gasteiger partial charge is 0.306 e. The second-order valence-electron chi connectivity index (χ2n) is 13.0. The van der Waals surface area contributed by atoms with Gasteiger partial charge in [-0.15, -0.1) is 0 Å². The Balaban J connectivity index is 3.70. The first-order valence-corrected chi connectivity index (χ1v) is 19.3. The number of rotatable bonds is 35. The molecule has 0 aliphatic heterocycles. The van der Waals surface area contributed by atoms with E-state index in [0.29, 0.717) is 26.0 Å². The maximum atomic E-state index is 12.3. The molecule has 0 saturated heterocycles. The van der Waals surface area contributed by atoms with Crippen molar-refractivity contribution in [2.75, 3.05) is 32.8 Å². The van der Waals surface area contributed by atoms with Gasteiger partial charge in [-0.25, -0.2) is 0 Å². The Kier molecular flexibility index (Phi) is 33.8. The SMILES string of the molecule is CCCCCCCCCCCOC(=O)CCCCCN(CCO)CCCCCCCC(=O)OC(CC)CCCCCCCC. The molecule has 6 heteroatoms. The van der Waals surface area contributed by atoms with Crippen LogP contribution < -0.4 is 0 Å². The summed E-state index contributed by atoms with van der Waals surface area (Å²) in [7, 11) is 0. The molecule has 0 aliphatic rings. The van der Waals surface area contributed by atoms with Crippen LogP contribution in [0.5, 0.6) is 0 Å². The lowest BCUT2D eigenvalue weighted by atomic mass is 10.1. The zero-order chi connectivity index (χ0) is 32.4. The highest BCUT2D eigenvalue weighted by Gasteiger charge is 2.12. The summed E-state index contributed by atoms with van der Waals surface area (Å²) in [6.07, 6.45) is 30.5. The van der Waals surface area contributed by atoms with Crippen LogP contribution >= 0.6 is 0 Å². The molecule has 0 aromatic carbocycles. The molecule has 1 N–H and O–H groups in total. The van der Waals surface area contributed by atoms with E-state index in [-0.39, 0.29) is 24.6 Å². The van der Waals surface area contributed by atoms with Crippen molar-refractivity contribution in [2.45, 2.75) is 200 Å². The first kappa shape index (κ1) is 42.9. The third kappa shape index (κ3) is 30.9. The fourth-order valence-corrected chi connectivity index (χ4v) is 5.81. The van der Waals surface area contributed by atoms with E-state index < -0.39 is 0 Å². The van der Waals surface area contributed by atoms with Crippen molar-refractivity contribution in [1.29, 1.82) is 0 Å². The molecule has 0 saturated carbocycles. The third-order valence-electron chi connectivity index (χ3n) is 8.77. The summed E-state index contributed by atoms with van der Waals surface area (Å²) in [5, 5.41) is 9.46. The topological polar surface area (TPSA) is 76.1 Å². The van der Waals surface area contributed by atoms with E-state index in [4.69, 9.17) is 9.47 Å². The average Bonchev–Trinajstić information content (AvgIpc) is 3.02. The highest BCUT2D eigenvalue weighted by molar-refractivity contribution is 5.69. The molecule has 0 rings (SSSR count). The normalized spacial score (nSPS) is 12.1. The molecular weight excluding hydrogens is 550 g/mol. The van der Waals surface area contributed by atoms with Gasteiger partial charge in [-0.05, 0) is 64.5 Å². The van der Waals surface area contributed by atoms with E-state index in [0.717, 1.165) is 96.6 Å². The molecule has 0 bridgehead atoms. The van der Waals surface area contributed by atoms with Gasteiger partial charge in [0, 0.05) is 19.4 Å². The van der Waals surface area contributed by atoms with Crippen LogP contribution in [-0.2, 0) is 19.1 Å². The summed E-state index contributed by atoms with van der Waals surface area (Å²) in [6.45, 7) is 10.0. The Morgan fingerprint density at radius 2 is 1.00 bits per heavy atom. The van der Waals surface area contributed by atoms with Crippen LogP contribution in [0, 0.1) is 0 Å². The molecule has 6 nitrogen and oxygen atoms in total. The van der Waals surface area contributed by atoms with E-state index in [2.05, 4.69) is 25.7 Å². The molecule has 0 aromatic heterocycles. The molecule has 0 radical (unpaired) electrons. The summed E-state index contributed by atoms with van der Waals surface area (Å²) in [6, 6.07) is 0. The van der Waals surface area contributed by atoms with Crippen LogP contribution in [0.2, 0.25) is 0 Å². The predicted octanol–water partition coefficient (Wildman–Crippen LogP) is 10.3. The number of hydrogen-bond acceptors (Lipinski definition) is 6. The minimum absolute atomic E-state index is 0.0241. The second-order valence-corrected chi connectivity index (χ2v) is 13.0. The van der Waals surface area contributed by atoms with Gasteiger partial charge in [0.2, 0.25) is 0 Å². The van der Waals surface area contributed by atoms with Crippen LogP contribution in [0.25, 0.3) is 0 Å². The van der Waals surface area contributed by atoms with Gasteiger partial charge in [0.05, 0.1) is 13.2 Å². The summed E-state index contributed by atoms with van der Waals surface area (Å²) in [5.41, 5.74) is 0. The second kappa shape index (κ2) is 34.7. The van der Waals surface area contributed by atoms with Crippen molar-refractivity contribution in [3.05, 3.63) is 0 Å². The van der Waals surface area contributed by atoms with Gasteiger partial charge < -0.3 is 19.5 Å². The molecule has 0 aromatic rings. The molecule has 1 unspecified atom stereocenters. The molecule has 44 heavy (non-hydrogen) atoms. The zero-order valence-corrected chi connectivity index (χ0v) is 29.7. The number of esters is 2. The molecule has 0 fully saturated rings. The number of unbranched alkanes of at least 4 members (excludes halogenated alkanes) is 19. The standard InChI is InChI=1S/C38H75NO5/c1-4-7-9-11-13-14-15-20-27-35-43-37(41)29-24-21-26-32-39(33-34-40)31-25-19-16-18-23-30-38(42)44-36(6-3)28-22-17-12-10-8-5-2/h36,40H,4-35H2,1-3H3. The Morgan fingerprint density at radius 3 is 1.55 bits per heavy atom. The predicted molar refractivity (Wildman–Crippen MR) is 186 cm³/mol. The minimum Gasteiger partial charge on any atom is -0.466 e. The van der Waals surface area contributed by atoms with Crippen LogP contribution in [-0.4, -0.2) is 60.9 Å². The van der Waals surface area contributed by atoms with Gasteiger partial charge in [-0.3, -0.25) is 9.59 Å². The lowest BCUT2D eigenvalue weighted by molar-refractivity contribution is -0.149. The molecule has 0 spiro atoms. The van der Waals surface area contributed by atoms with Gasteiger partial charge in [0.25, 0.3) is 0 Å². The Morgan fingerprint density at radius 1 is 0.545 bits per heavy atom. The molecule has 0 amide bonds. The number of hydrogen-bond donors (Lipinski definition) is 1. The third-order valence-corrected chi connectivity index (χ3v) is 8.77. The Labute approximate surface area is 273 Å². The fraction of sp³-hybridized carbons (Fsp3) is 0.947. The van der Waals surface area contributed by atoms with Crippen LogP contribution in [0.4, 0.5) is 0 Å². The first-order valence-electron chi connectivity index (χ1n) is 19.3. The summed E-state index contributed by atoms with van der Waals surface area (Å²) in [4.78, 5) is 26.6. The van der Waals surface area contributed by atoms with Crippen LogP contribution in [0.1, 0.15) is 194 Å². The van der Waals surface area contributed by atoms with Gasteiger partial charge in [-0.1, -0.05) is 130 Å². The van der Waals surface area contributed by atoms with E-state index in [1.54, 1.807) is 0 Å². The zero-order valence-electron chi connectivity index (χ0n) is 29.7. The van der Waals surface area contributed by atoms with E-state index in [9.17, 15) is 14.7 Å². The van der Waals surface area contributed by atoms with Crippen molar-refractivity contribution in [3.63, 3.8) is 0 Å². The maximum absolute atomic E-state index is 12.3. The first-order chi connectivity index (χ1) is 21.6. The van der Waals surface area contributed by atoms with Gasteiger partial charge in [0.15, 0.2) is 0 Å². The summed E-state index contributed by atoms with van der Waals surface area (Å²) < 4.78 is 11.1. The van der Waals surface area contributed by atoms with Gasteiger partial charge in [0.1, 0.15) is 6.10 Å². The Bertz CT molecular complexity index is 614. The maximum Gasteiger partial charge on any atom is 0.306 e. The number of aliphatic hydroxyl groups excluding tert-OH is 1. The minimum atomic E-state index is -0.0524. The van der Waals surface area contributed by atoms with Crippen molar-refractivity contribution in [2.24, 2.45) is 0 Å².